The summed E-state index contributed by atoms with van der Waals surface area (Å²) < 4.78 is 5.23. The summed E-state index contributed by atoms with van der Waals surface area (Å²) in [6.45, 7) is 5.06. The van der Waals surface area contributed by atoms with Crippen molar-refractivity contribution >= 4 is 11.0 Å². The molecule has 2 rings (SSSR count). The maximum absolute atomic E-state index is 5.23. The predicted octanol–water partition coefficient (Wildman–Crippen LogP) is 2.49. The zero-order valence-corrected chi connectivity index (χ0v) is 9.37. The Hall–Kier alpha value is -1.35. The van der Waals surface area contributed by atoms with Crippen LogP contribution in [0.25, 0.3) is 11.0 Å². The van der Waals surface area contributed by atoms with Gasteiger partial charge < -0.3 is 9.72 Å². The second-order valence-electron chi connectivity index (χ2n) is 4.45. The van der Waals surface area contributed by atoms with E-state index in [0.717, 1.165) is 11.0 Å². The highest BCUT2D eigenvalue weighted by atomic mass is 16.5. The molecule has 1 aromatic carbocycles. The molecule has 0 atom stereocenters. The van der Waals surface area contributed by atoms with Gasteiger partial charge in [0.25, 0.3) is 0 Å². The van der Waals surface area contributed by atoms with Crippen molar-refractivity contribution in [2.45, 2.75) is 19.3 Å². The Morgan fingerprint density at radius 2 is 2.20 bits per heavy atom. The number of aromatic amines is 1. The minimum atomic E-state index is 0.0358. The van der Waals surface area contributed by atoms with Gasteiger partial charge in [0.1, 0.15) is 0 Å². The minimum Gasteiger partial charge on any atom is -0.384 e. The number of rotatable bonds is 3. The van der Waals surface area contributed by atoms with E-state index in [1.165, 1.54) is 5.56 Å². The highest BCUT2D eigenvalue weighted by molar-refractivity contribution is 5.75. The fraction of sp³-hybridized carbons (Fsp3) is 0.417. The Balaban J connectivity index is 2.42. The minimum absolute atomic E-state index is 0.0358. The molecule has 1 heterocycles. The lowest BCUT2D eigenvalue weighted by molar-refractivity contribution is 0.147. The molecule has 1 N–H and O–H groups in total. The van der Waals surface area contributed by atoms with E-state index >= 15 is 0 Å². The number of ether oxygens (including phenoxy) is 1. The first kappa shape index (κ1) is 10.2. The number of methoxy groups -OCH3 is 1. The smallest absolute Gasteiger partial charge is 0.0931 e. The van der Waals surface area contributed by atoms with Crippen LogP contribution in [-0.4, -0.2) is 23.7 Å². The van der Waals surface area contributed by atoms with E-state index in [0.29, 0.717) is 6.61 Å². The largest absolute Gasteiger partial charge is 0.384 e. The van der Waals surface area contributed by atoms with Crippen molar-refractivity contribution < 1.29 is 4.74 Å². The first-order valence-electron chi connectivity index (χ1n) is 5.06. The van der Waals surface area contributed by atoms with Gasteiger partial charge in [-0.2, -0.15) is 0 Å². The van der Waals surface area contributed by atoms with Gasteiger partial charge >= 0.3 is 0 Å². The molecule has 0 saturated carbocycles. The van der Waals surface area contributed by atoms with Gasteiger partial charge in [0.15, 0.2) is 0 Å². The Bertz CT molecular complexity index is 459. The summed E-state index contributed by atoms with van der Waals surface area (Å²) in [5, 5.41) is 0. The predicted molar refractivity (Wildman–Crippen MR) is 61.0 cm³/mol. The molecular weight excluding hydrogens is 188 g/mol. The summed E-state index contributed by atoms with van der Waals surface area (Å²) in [5.74, 6) is 0. The molecule has 0 amide bonds. The van der Waals surface area contributed by atoms with Crippen LogP contribution in [0.3, 0.4) is 0 Å². The molecule has 15 heavy (non-hydrogen) atoms. The van der Waals surface area contributed by atoms with Gasteiger partial charge in [0.05, 0.1) is 24.0 Å². The van der Waals surface area contributed by atoms with Crippen LogP contribution in [0.15, 0.2) is 24.5 Å². The summed E-state index contributed by atoms with van der Waals surface area (Å²) in [5.41, 5.74) is 3.39. The van der Waals surface area contributed by atoms with Crippen LogP contribution in [0, 0.1) is 0 Å². The molecule has 0 spiro atoms. The maximum atomic E-state index is 5.23. The van der Waals surface area contributed by atoms with Crippen LogP contribution in [0.5, 0.6) is 0 Å². The molecule has 1 aromatic heterocycles. The van der Waals surface area contributed by atoms with E-state index in [9.17, 15) is 0 Å². The third kappa shape index (κ3) is 1.88. The normalized spacial score (nSPS) is 12.2. The zero-order valence-electron chi connectivity index (χ0n) is 9.37. The summed E-state index contributed by atoms with van der Waals surface area (Å²) in [6.07, 6.45) is 1.72. The Morgan fingerprint density at radius 1 is 1.40 bits per heavy atom. The molecule has 0 bridgehead atoms. The number of hydrogen-bond acceptors (Lipinski definition) is 2. The van der Waals surface area contributed by atoms with Gasteiger partial charge in [0, 0.05) is 12.5 Å². The van der Waals surface area contributed by atoms with Crippen LogP contribution in [0.1, 0.15) is 19.4 Å². The summed E-state index contributed by atoms with van der Waals surface area (Å²) in [7, 11) is 1.73. The van der Waals surface area contributed by atoms with Gasteiger partial charge in [-0.15, -0.1) is 0 Å². The van der Waals surface area contributed by atoms with Gasteiger partial charge in [-0.05, 0) is 17.7 Å². The van der Waals surface area contributed by atoms with E-state index in [2.05, 4.69) is 35.9 Å². The molecule has 0 aliphatic carbocycles. The second-order valence-corrected chi connectivity index (χ2v) is 4.45. The number of nitrogens with one attached hydrogen (secondary N) is 1. The molecule has 0 saturated heterocycles. The lowest BCUT2D eigenvalue weighted by Crippen LogP contribution is -2.23. The van der Waals surface area contributed by atoms with Crippen LogP contribution in [0.4, 0.5) is 0 Å². The van der Waals surface area contributed by atoms with Crippen molar-refractivity contribution in [3.8, 4) is 0 Å². The second kappa shape index (κ2) is 3.66. The number of aromatic nitrogens is 2. The first-order valence-corrected chi connectivity index (χ1v) is 5.06. The Kier molecular flexibility index (Phi) is 2.49. The Morgan fingerprint density at radius 3 is 2.93 bits per heavy atom. The molecule has 80 valence electrons. The van der Waals surface area contributed by atoms with Crippen molar-refractivity contribution in [2.75, 3.05) is 13.7 Å². The van der Waals surface area contributed by atoms with Crippen LogP contribution >= 0.6 is 0 Å². The van der Waals surface area contributed by atoms with Crippen molar-refractivity contribution in [3.05, 3.63) is 30.1 Å². The lowest BCUT2D eigenvalue weighted by Gasteiger charge is -2.24. The van der Waals surface area contributed by atoms with Crippen LogP contribution in [0.2, 0.25) is 0 Å². The highest BCUT2D eigenvalue weighted by Crippen LogP contribution is 2.25. The molecule has 0 fully saturated rings. The molecule has 2 aromatic rings. The fourth-order valence-corrected chi connectivity index (χ4v) is 1.80. The molecule has 0 aliphatic rings. The number of nitrogens with zero attached hydrogens (tertiary/aromatic N) is 1. The summed E-state index contributed by atoms with van der Waals surface area (Å²) >= 11 is 0. The average molecular weight is 204 g/mol. The molecule has 0 radical (unpaired) electrons. The first-order chi connectivity index (χ1) is 7.13. The third-order valence-corrected chi connectivity index (χ3v) is 2.71. The van der Waals surface area contributed by atoms with Crippen LogP contribution in [-0.2, 0) is 10.2 Å². The van der Waals surface area contributed by atoms with Crippen LogP contribution < -0.4 is 0 Å². The van der Waals surface area contributed by atoms with E-state index in [4.69, 9.17) is 4.74 Å². The number of benzene rings is 1. The SMILES string of the molecule is COCC(C)(C)c1ccc2nc[nH]c2c1. The third-order valence-electron chi connectivity index (χ3n) is 2.71. The van der Waals surface area contributed by atoms with Crippen molar-refractivity contribution in [1.29, 1.82) is 0 Å². The molecule has 0 aliphatic heterocycles. The van der Waals surface area contributed by atoms with Gasteiger partial charge in [-0.25, -0.2) is 4.98 Å². The Labute approximate surface area is 89.5 Å². The van der Waals surface area contributed by atoms with E-state index < -0.39 is 0 Å². The number of fused-ring (bicyclic) bond motifs is 1. The lowest BCUT2D eigenvalue weighted by atomic mass is 9.85. The number of imidazole rings is 1. The van der Waals surface area contributed by atoms with Crippen molar-refractivity contribution in [3.63, 3.8) is 0 Å². The number of hydrogen-bond donors (Lipinski definition) is 1. The van der Waals surface area contributed by atoms with E-state index in [1.54, 1.807) is 13.4 Å². The fourth-order valence-electron chi connectivity index (χ4n) is 1.80. The van der Waals surface area contributed by atoms with Gasteiger partial charge in [0.2, 0.25) is 0 Å². The quantitative estimate of drug-likeness (QED) is 0.834. The summed E-state index contributed by atoms with van der Waals surface area (Å²) in [6, 6.07) is 6.29. The molecular formula is C12H16N2O. The average Bonchev–Trinajstić information content (AvgIpc) is 2.63. The van der Waals surface area contributed by atoms with E-state index in [-0.39, 0.29) is 5.41 Å². The van der Waals surface area contributed by atoms with Gasteiger partial charge in [-0.3, -0.25) is 0 Å². The molecule has 0 unspecified atom stereocenters. The monoisotopic (exact) mass is 204 g/mol. The van der Waals surface area contributed by atoms with Crippen molar-refractivity contribution in [1.82, 2.24) is 9.97 Å². The molecule has 3 heteroatoms. The standard InChI is InChI=1S/C12H16N2O/c1-12(2,7-15-3)9-4-5-10-11(6-9)14-8-13-10/h4-6,8H,7H2,1-3H3,(H,13,14). The van der Waals surface area contributed by atoms with Crippen molar-refractivity contribution in [2.24, 2.45) is 0 Å². The topological polar surface area (TPSA) is 37.9 Å². The maximum Gasteiger partial charge on any atom is 0.0931 e. The van der Waals surface area contributed by atoms with Gasteiger partial charge in [-0.1, -0.05) is 19.9 Å². The highest BCUT2D eigenvalue weighted by Gasteiger charge is 2.20. The van der Waals surface area contributed by atoms with E-state index in [1.807, 2.05) is 6.07 Å². The summed E-state index contributed by atoms with van der Waals surface area (Å²) in [4.78, 5) is 7.32. The number of H-pyrrole nitrogens is 1. The molecule has 3 nitrogen and oxygen atoms in total. The zero-order chi connectivity index (χ0) is 10.9.